The second-order valence-electron chi connectivity index (χ2n) is 4.07. The van der Waals surface area contributed by atoms with Crippen molar-refractivity contribution in [1.29, 1.82) is 0 Å². The second kappa shape index (κ2) is 5.08. The summed E-state index contributed by atoms with van der Waals surface area (Å²) < 4.78 is 10.7. The van der Waals surface area contributed by atoms with Crippen molar-refractivity contribution >= 4 is 19.3 Å². The van der Waals surface area contributed by atoms with E-state index >= 15 is 0 Å². The highest BCUT2D eigenvalue weighted by Gasteiger charge is 2.29. The van der Waals surface area contributed by atoms with Crippen LogP contribution in [0.15, 0.2) is 0 Å². The van der Waals surface area contributed by atoms with E-state index in [1.807, 2.05) is 0 Å². The number of rotatable bonds is 3. The van der Waals surface area contributed by atoms with E-state index in [9.17, 15) is 14.2 Å². The standard InChI is InChI=1S/C9H16NO5P/c1-7(11)10-4-2-8(3-5-10)9(12)6-16(13,14)15/h8H,2-6H2,1H3,(H2,13,14,15). The normalized spacial score (nSPS) is 18.6. The summed E-state index contributed by atoms with van der Waals surface area (Å²) in [5.74, 6) is -0.736. The zero-order valence-electron chi connectivity index (χ0n) is 9.13. The fourth-order valence-electron chi connectivity index (χ4n) is 1.85. The number of piperidine rings is 1. The number of nitrogens with zero attached hydrogens (tertiary/aromatic N) is 1. The summed E-state index contributed by atoms with van der Waals surface area (Å²) in [5.41, 5.74) is 0. The van der Waals surface area contributed by atoms with Crippen LogP contribution in [0, 0.1) is 5.92 Å². The SMILES string of the molecule is CC(=O)N1CCC(C(=O)CP(=O)(O)O)CC1. The second-order valence-corrected chi connectivity index (χ2v) is 5.72. The predicted octanol–water partition coefficient (Wildman–Crippen LogP) is -0.00830. The van der Waals surface area contributed by atoms with Crippen molar-refractivity contribution in [3.63, 3.8) is 0 Å². The van der Waals surface area contributed by atoms with Crippen LogP contribution < -0.4 is 0 Å². The third-order valence-corrected chi connectivity index (χ3v) is 3.48. The van der Waals surface area contributed by atoms with Crippen LogP contribution >= 0.6 is 7.60 Å². The number of hydrogen-bond donors (Lipinski definition) is 2. The summed E-state index contributed by atoms with van der Waals surface area (Å²) in [5, 5.41) is 0. The summed E-state index contributed by atoms with van der Waals surface area (Å²) >= 11 is 0. The van der Waals surface area contributed by atoms with Gasteiger partial charge >= 0.3 is 7.60 Å². The summed E-state index contributed by atoms with van der Waals surface area (Å²) in [6, 6.07) is 0. The minimum atomic E-state index is -4.25. The van der Waals surface area contributed by atoms with E-state index in [0.717, 1.165) is 0 Å². The van der Waals surface area contributed by atoms with E-state index in [0.29, 0.717) is 25.9 Å². The van der Waals surface area contributed by atoms with Gasteiger partial charge in [0.25, 0.3) is 0 Å². The smallest absolute Gasteiger partial charge is 0.332 e. The molecule has 1 heterocycles. The molecule has 0 radical (unpaired) electrons. The molecule has 6 nitrogen and oxygen atoms in total. The first-order chi connectivity index (χ1) is 7.29. The highest BCUT2D eigenvalue weighted by Crippen LogP contribution is 2.36. The first-order valence-electron chi connectivity index (χ1n) is 5.12. The van der Waals surface area contributed by atoms with Gasteiger partial charge in [0.05, 0.1) is 0 Å². The third kappa shape index (κ3) is 4.04. The molecule has 2 N–H and O–H groups in total. The van der Waals surface area contributed by atoms with Crippen molar-refractivity contribution in [1.82, 2.24) is 4.90 Å². The van der Waals surface area contributed by atoms with Crippen LogP contribution in [-0.2, 0) is 14.2 Å². The molecule has 0 aromatic carbocycles. The van der Waals surface area contributed by atoms with E-state index in [4.69, 9.17) is 9.79 Å². The van der Waals surface area contributed by atoms with Crippen molar-refractivity contribution < 1.29 is 23.9 Å². The van der Waals surface area contributed by atoms with Gasteiger partial charge in [-0.25, -0.2) is 0 Å². The molecular formula is C9H16NO5P. The molecule has 1 aliphatic heterocycles. The molecule has 0 aromatic heterocycles. The molecule has 0 atom stereocenters. The summed E-state index contributed by atoms with van der Waals surface area (Å²) in [6.45, 7) is 2.46. The minimum absolute atomic E-state index is 0.0270. The maximum atomic E-state index is 11.5. The molecule has 0 spiro atoms. The number of Topliss-reactive ketones (excluding diaryl/α,β-unsaturated/α-hetero) is 1. The van der Waals surface area contributed by atoms with Gasteiger partial charge < -0.3 is 14.7 Å². The van der Waals surface area contributed by atoms with Gasteiger partial charge in [-0.3, -0.25) is 14.2 Å². The fraction of sp³-hybridized carbons (Fsp3) is 0.778. The largest absolute Gasteiger partial charge is 0.343 e. The van der Waals surface area contributed by atoms with Crippen molar-refractivity contribution in [2.45, 2.75) is 19.8 Å². The van der Waals surface area contributed by atoms with Crippen molar-refractivity contribution in [2.24, 2.45) is 5.92 Å². The van der Waals surface area contributed by atoms with Crippen LogP contribution in [0.1, 0.15) is 19.8 Å². The molecule has 1 saturated heterocycles. The molecular weight excluding hydrogens is 233 g/mol. The Kier molecular flexibility index (Phi) is 4.24. The highest BCUT2D eigenvalue weighted by molar-refractivity contribution is 7.52. The first-order valence-corrected chi connectivity index (χ1v) is 6.92. The number of likely N-dealkylation sites (tertiary alicyclic amines) is 1. The van der Waals surface area contributed by atoms with Crippen molar-refractivity contribution in [3.05, 3.63) is 0 Å². The Labute approximate surface area is 93.8 Å². The zero-order chi connectivity index (χ0) is 12.3. The number of amides is 1. The van der Waals surface area contributed by atoms with Crippen LogP contribution in [0.3, 0.4) is 0 Å². The van der Waals surface area contributed by atoms with Gasteiger partial charge in [-0.05, 0) is 12.8 Å². The van der Waals surface area contributed by atoms with Crippen molar-refractivity contribution in [3.8, 4) is 0 Å². The van der Waals surface area contributed by atoms with E-state index in [1.54, 1.807) is 4.90 Å². The third-order valence-electron chi connectivity index (χ3n) is 2.76. The van der Waals surface area contributed by atoms with Gasteiger partial charge in [-0.2, -0.15) is 0 Å². The van der Waals surface area contributed by atoms with Crippen LogP contribution in [0.25, 0.3) is 0 Å². The lowest BCUT2D eigenvalue weighted by Crippen LogP contribution is -2.39. The van der Waals surface area contributed by atoms with Crippen LogP contribution in [0.4, 0.5) is 0 Å². The Morgan fingerprint density at radius 2 is 1.81 bits per heavy atom. The lowest BCUT2D eigenvalue weighted by atomic mass is 9.93. The predicted molar refractivity (Wildman–Crippen MR) is 56.9 cm³/mol. The molecule has 1 rings (SSSR count). The zero-order valence-corrected chi connectivity index (χ0v) is 10.0. The minimum Gasteiger partial charge on any atom is -0.343 e. The van der Waals surface area contributed by atoms with Gasteiger partial charge in [0.1, 0.15) is 11.9 Å². The lowest BCUT2D eigenvalue weighted by Gasteiger charge is -2.30. The topological polar surface area (TPSA) is 94.9 Å². The first kappa shape index (κ1) is 13.4. The molecule has 92 valence electrons. The van der Waals surface area contributed by atoms with Gasteiger partial charge in [0, 0.05) is 25.9 Å². The van der Waals surface area contributed by atoms with Gasteiger partial charge in [-0.1, -0.05) is 0 Å². The summed E-state index contributed by atoms with van der Waals surface area (Å²) in [7, 11) is -4.25. The van der Waals surface area contributed by atoms with Gasteiger partial charge in [-0.15, -0.1) is 0 Å². The molecule has 0 saturated carbocycles. The van der Waals surface area contributed by atoms with Gasteiger partial charge in [0.2, 0.25) is 5.91 Å². The van der Waals surface area contributed by atoms with E-state index < -0.39 is 19.5 Å². The van der Waals surface area contributed by atoms with Gasteiger partial charge in [0.15, 0.2) is 0 Å². The summed E-state index contributed by atoms with van der Waals surface area (Å²) in [6.07, 6.45) is 0.314. The molecule has 16 heavy (non-hydrogen) atoms. The number of carbonyl (C=O) groups is 2. The molecule has 1 fully saturated rings. The van der Waals surface area contributed by atoms with E-state index in [-0.39, 0.29) is 11.8 Å². The average molecular weight is 249 g/mol. The average Bonchev–Trinajstić information content (AvgIpc) is 2.15. The Bertz CT molecular complexity index is 329. The Hall–Kier alpha value is -0.710. The molecule has 1 aliphatic rings. The molecule has 0 bridgehead atoms. The van der Waals surface area contributed by atoms with Crippen LogP contribution in [0.5, 0.6) is 0 Å². The number of ketones is 1. The Morgan fingerprint density at radius 1 is 1.31 bits per heavy atom. The molecule has 0 unspecified atom stereocenters. The highest BCUT2D eigenvalue weighted by atomic mass is 31.2. The van der Waals surface area contributed by atoms with Crippen molar-refractivity contribution in [2.75, 3.05) is 19.3 Å². The van der Waals surface area contributed by atoms with E-state index in [1.165, 1.54) is 6.92 Å². The summed E-state index contributed by atoms with van der Waals surface area (Å²) in [4.78, 5) is 41.5. The lowest BCUT2D eigenvalue weighted by molar-refractivity contribution is -0.132. The maximum absolute atomic E-state index is 11.5. The quantitative estimate of drug-likeness (QED) is 0.686. The fourth-order valence-corrected chi connectivity index (χ4v) is 2.51. The van der Waals surface area contributed by atoms with Crippen LogP contribution in [-0.4, -0.2) is 45.6 Å². The molecule has 1 amide bonds. The maximum Gasteiger partial charge on any atom is 0.332 e. The van der Waals surface area contributed by atoms with E-state index in [2.05, 4.69) is 0 Å². The molecule has 0 aliphatic carbocycles. The molecule has 0 aromatic rings. The number of carbonyl (C=O) groups excluding carboxylic acids is 2. The molecule has 7 heteroatoms. The number of hydrogen-bond acceptors (Lipinski definition) is 3. The Morgan fingerprint density at radius 3 is 2.19 bits per heavy atom. The van der Waals surface area contributed by atoms with Crippen LogP contribution in [0.2, 0.25) is 0 Å². The monoisotopic (exact) mass is 249 g/mol. The Balaban J connectivity index is 2.45.